The van der Waals surface area contributed by atoms with E-state index in [1.165, 1.54) is 19.3 Å². The number of anilines is 1. The van der Waals surface area contributed by atoms with Gasteiger partial charge in [-0.1, -0.05) is 22.4 Å². The Labute approximate surface area is 209 Å². The molecule has 1 aromatic carbocycles. The SMILES string of the molecule is COc1ccc(Br)cc1/C=C/C(=O)N1CCc2cnc(N3CCN(C4CCC4)CC3)nc2CC1. The molecule has 3 aliphatic rings. The van der Waals surface area contributed by atoms with Crippen molar-refractivity contribution in [1.82, 2.24) is 19.8 Å². The van der Waals surface area contributed by atoms with E-state index in [1.54, 1.807) is 13.2 Å². The molecule has 2 aliphatic heterocycles. The summed E-state index contributed by atoms with van der Waals surface area (Å²) in [5.41, 5.74) is 3.11. The van der Waals surface area contributed by atoms with Gasteiger partial charge in [-0.2, -0.15) is 0 Å². The Morgan fingerprint density at radius 2 is 1.91 bits per heavy atom. The fourth-order valence-electron chi connectivity index (χ4n) is 4.98. The number of ether oxygens (including phenoxy) is 1. The van der Waals surface area contributed by atoms with Crippen molar-refractivity contribution >= 4 is 33.9 Å². The molecule has 0 unspecified atom stereocenters. The van der Waals surface area contributed by atoms with Crippen LogP contribution in [0.3, 0.4) is 0 Å². The van der Waals surface area contributed by atoms with Crippen LogP contribution in [0.15, 0.2) is 34.9 Å². The summed E-state index contributed by atoms with van der Waals surface area (Å²) in [6.45, 7) is 5.52. The van der Waals surface area contributed by atoms with Crippen molar-refractivity contribution in [2.75, 3.05) is 51.3 Å². The molecular weight excluding hydrogens is 494 g/mol. The Morgan fingerprint density at radius 1 is 1.12 bits per heavy atom. The van der Waals surface area contributed by atoms with Gasteiger partial charge in [0.2, 0.25) is 11.9 Å². The van der Waals surface area contributed by atoms with Crippen LogP contribution in [0.1, 0.15) is 36.1 Å². The van der Waals surface area contributed by atoms with Gasteiger partial charge in [0.05, 0.1) is 12.8 Å². The minimum absolute atomic E-state index is 0.00938. The Kier molecular flexibility index (Phi) is 7.15. The highest BCUT2D eigenvalue weighted by Crippen LogP contribution is 2.27. The zero-order valence-corrected chi connectivity index (χ0v) is 21.3. The maximum absolute atomic E-state index is 12.9. The maximum Gasteiger partial charge on any atom is 0.246 e. The third-order valence-electron chi connectivity index (χ3n) is 7.31. The van der Waals surface area contributed by atoms with E-state index in [0.717, 1.165) is 78.1 Å². The summed E-state index contributed by atoms with van der Waals surface area (Å²) in [5, 5.41) is 0. The number of carbonyl (C=O) groups is 1. The van der Waals surface area contributed by atoms with E-state index in [9.17, 15) is 4.79 Å². The molecule has 1 aromatic heterocycles. The quantitative estimate of drug-likeness (QED) is 0.556. The average molecular weight is 526 g/mol. The lowest BCUT2D eigenvalue weighted by Gasteiger charge is -2.43. The van der Waals surface area contributed by atoms with Crippen LogP contribution in [0.5, 0.6) is 5.75 Å². The highest BCUT2D eigenvalue weighted by molar-refractivity contribution is 9.10. The molecule has 8 heteroatoms. The third kappa shape index (κ3) is 5.13. The fraction of sp³-hybridized carbons (Fsp3) is 0.500. The van der Waals surface area contributed by atoms with Gasteiger partial charge in [0.25, 0.3) is 0 Å². The minimum Gasteiger partial charge on any atom is -0.496 e. The van der Waals surface area contributed by atoms with Crippen molar-refractivity contribution in [2.45, 2.75) is 38.1 Å². The first-order chi connectivity index (χ1) is 16.6. The second kappa shape index (κ2) is 10.4. The number of hydrogen-bond donors (Lipinski definition) is 0. The molecule has 1 saturated heterocycles. The summed E-state index contributed by atoms with van der Waals surface area (Å²) < 4.78 is 6.36. The summed E-state index contributed by atoms with van der Waals surface area (Å²) in [6.07, 6.45) is 11.1. The van der Waals surface area contributed by atoms with Crippen LogP contribution in [0.4, 0.5) is 5.95 Å². The van der Waals surface area contributed by atoms with Crippen LogP contribution in [-0.2, 0) is 17.6 Å². The summed E-state index contributed by atoms with van der Waals surface area (Å²) in [5.74, 6) is 1.59. The Hall–Kier alpha value is -2.45. The Bertz CT molecular complexity index is 1060. The normalized spacial score (nSPS) is 19.6. The van der Waals surface area contributed by atoms with E-state index in [4.69, 9.17) is 14.7 Å². The summed E-state index contributed by atoms with van der Waals surface area (Å²) >= 11 is 3.48. The first-order valence-corrected chi connectivity index (χ1v) is 13.0. The zero-order valence-electron chi connectivity index (χ0n) is 19.8. The van der Waals surface area contributed by atoms with Gasteiger partial charge >= 0.3 is 0 Å². The molecule has 34 heavy (non-hydrogen) atoms. The largest absolute Gasteiger partial charge is 0.496 e. The predicted octanol–water partition coefficient (Wildman–Crippen LogP) is 3.56. The van der Waals surface area contributed by atoms with Crippen molar-refractivity contribution in [3.63, 3.8) is 0 Å². The molecular formula is C26H32BrN5O2. The summed E-state index contributed by atoms with van der Waals surface area (Å²) in [4.78, 5) is 29.4. The molecule has 1 aliphatic carbocycles. The van der Waals surface area contributed by atoms with Gasteiger partial charge in [-0.3, -0.25) is 9.69 Å². The van der Waals surface area contributed by atoms with Crippen molar-refractivity contribution in [2.24, 2.45) is 0 Å². The molecule has 0 atom stereocenters. The second-order valence-corrected chi connectivity index (χ2v) is 10.2. The highest BCUT2D eigenvalue weighted by atomic mass is 79.9. The Morgan fingerprint density at radius 3 is 2.65 bits per heavy atom. The van der Waals surface area contributed by atoms with E-state index in [0.29, 0.717) is 13.1 Å². The van der Waals surface area contributed by atoms with E-state index >= 15 is 0 Å². The zero-order chi connectivity index (χ0) is 23.5. The van der Waals surface area contributed by atoms with Crippen LogP contribution >= 0.6 is 15.9 Å². The van der Waals surface area contributed by atoms with Crippen LogP contribution < -0.4 is 9.64 Å². The lowest BCUT2D eigenvalue weighted by atomic mass is 9.91. The van der Waals surface area contributed by atoms with Crippen molar-refractivity contribution < 1.29 is 9.53 Å². The fourth-order valence-corrected chi connectivity index (χ4v) is 5.36. The van der Waals surface area contributed by atoms with Gasteiger partial charge < -0.3 is 14.5 Å². The van der Waals surface area contributed by atoms with E-state index in [1.807, 2.05) is 35.4 Å². The predicted molar refractivity (Wildman–Crippen MR) is 137 cm³/mol. The van der Waals surface area contributed by atoms with E-state index in [-0.39, 0.29) is 5.91 Å². The van der Waals surface area contributed by atoms with Crippen LogP contribution in [0.25, 0.3) is 6.08 Å². The van der Waals surface area contributed by atoms with Crippen molar-refractivity contribution in [3.05, 3.63) is 51.8 Å². The number of carbonyl (C=O) groups excluding carboxylic acids is 1. The molecule has 2 fully saturated rings. The first-order valence-electron chi connectivity index (χ1n) is 12.2. The molecule has 2 aromatic rings. The van der Waals surface area contributed by atoms with E-state index < -0.39 is 0 Å². The van der Waals surface area contributed by atoms with Gasteiger partial charge in [-0.15, -0.1) is 0 Å². The molecule has 3 heterocycles. The lowest BCUT2D eigenvalue weighted by Crippen LogP contribution is -2.52. The molecule has 5 rings (SSSR count). The Balaban J connectivity index is 1.20. The van der Waals surface area contributed by atoms with Crippen molar-refractivity contribution in [3.8, 4) is 5.75 Å². The van der Waals surface area contributed by atoms with E-state index in [2.05, 4.69) is 25.7 Å². The number of fused-ring (bicyclic) bond motifs is 1. The van der Waals surface area contributed by atoms with Gasteiger partial charge in [-0.05, 0) is 49.1 Å². The summed E-state index contributed by atoms with van der Waals surface area (Å²) in [6, 6.07) is 6.56. The first kappa shape index (κ1) is 23.3. The number of halogens is 1. The highest BCUT2D eigenvalue weighted by Gasteiger charge is 2.29. The topological polar surface area (TPSA) is 61.8 Å². The number of rotatable bonds is 5. The van der Waals surface area contributed by atoms with Crippen LogP contribution in [-0.4, -0.2) is 78.1 Å². The monoisotopic (exact) mass is 525 g/mol. The molecule has 0 spiro atoms. The molecule has 180 valence electrons. The molecule has 0 N–H and O–H groups in total. The van der Waals surface area contributed by atoms with Gasteiger partial charge in [0.15, 0.2) is 0 Å². The standard InChI is InChI=1S/C26H32BrN5O2/c1-34-24-7-6-21(27)17-19(24)5-8-25(33)31-11-9-20-18-28-26(29-23(20)10-12-31)32-15-13-30(14-16-32)22-3-2-4-22/h5-8,17-18,22H,2-4,9-16H2,1H3/b8-5+. The number of nitrogens with zero attached hydrogens (tertiary/aromatic N) is 5. The van der Waals surface area contributed by atoms with Crippen molar-refractivity contribution in [1.29, 1.82) is 0 Å². The van der Waals surface area contributed by atoms with Gasteiger partial charge in [0, 0.05) is 74.0 Å². The molecule has 0 bridgehead atoms. The second-order valence-electron chi connectivity index (χ2n) is 9.29. The van der Waals surface area contributed by atoms with Crippen LogP contribution in [0.2, 0.25) is 0 Å². The molecule has 7 nitrogen and oxygen atoms in total. The number of methoxy groups -OCH3 is 1. The smallest absolute Gasteiger partial charge is 0.246 e. The van der Waals surface area contributed by atoms with Gasteiger partial charge in [0.1, 0.15) is 5.75 Å². The number of benzene rings is 1. The van der Waals surface area contributed by atoms with Gasteiger partial charge in [-0.25, -0.2) is 9.97 Å². The number of piperazine rings is 1. The third-order valence-corrected chi connectivity index (χ3v) is 7.80. The lowest BCUT2D eigenvalue weighted by molar-refractivity contribution is -0.125. The number of hydrogen-bond acceptors (Lipinski definition) is 6. The average Bonchev–Trinajstić information content (AvgIpc) is 3.04. The maximum atomic E-state index is 12.9. The molecule has 1 saturated carbocycles. The molecule has 1 amide bonds. The number of amides is 1. The van der Waals surface area contributed by atoms with Crippen LogP contribution in [0, 0.1) is 0 Å². The molecule has 0 radical (unpaired) electrons. The minimum atomic E-state index is 0.00938. The summed E-state index contributed by atoms with van der Waals surface area (Å²) in [7, 11) is 1.64. The number of aromatic nitrogens is 2.